The molecule has 5 nitrogen and oxygen atoms in total. The lowest BCUT2D eigenvalue weighted by atomic mass is 10.3. The number of amides is 1. The van der Waals surface area contributed by atoms with E-state index in [1.54, 1.807) is 14.1 Å². The van der Waals surface area contributed by atoms with E-state index >= 15 is 0 Å². The van der Waals surface area contributed by atoms with E-state index < -0.39 is 10.0 Å². The molecule has 0 radical (unpaired) electrons. The van der Waals surface area contributed by atoms with E-state index in [4.69, 9.17) is 23.2 Å². The third-order valence-electron chi connectivity index (χ3n) is 2.31. The molecule has 0 aliphatic carbocycles. The van der Waals surface area contributed by atoms with Crippen molar-refractivity contribution in [2.75, 3.05) is 31.2 Å². The Morgan fingerprint density at radius 3 is 2.00 bits per heavy atom. The number of likely N-dealkylation sites (N-methyl/N-ethyl adjacent to an activating group) is 1. The predicted molar refractivity (Wildman–Crippen MR) is 77.3 cm³/mol. The van der Waals surface area contributed by atoms with Gasteiger partial charge in [-0.25, -0.2) is 8.42 Å². The summed E-state index contributed by atoms with van der Waals surface area (Å²) >= 11 is 11.7. The second kappa shape index (κ2) is 5.98. The minimum Gasteiger partial charge on any atom is -0.347 e. The van der Waals surface area contributed by atoms with Gasteiger partial charge >= 0.3 is 0 Å². The molecular weight excluding hydrogens is 311 g/mol. The number of hydrogen-bond acceptors (Lipinski definition) is 3. The van der Waals surface area contributed by atoms with Gasteiger partial charge in [-0.1, -0.05) is 23.2 Å². The Kier molecular flexibility index (Phi) is 5.06. The number of nitrogens with zero attached hydrogens (tertiary/aromatic N) is 2. The van der Waals surface area contributed by atoms with E-state index in [1.807, 2.05) is 0 Å². The van der Waals surface area contributed by atoms with Crippen molar-refractivity contribution in [1.29, 1.82) is 0 Å². The van der Waals surface area contributed by atoms with Gasteiger partial charge in [0.25, 0.3) is 0 Å². The Morgan fingerprint density at radius 1 is 1.16 bits per heavy atom. The molecule has 0 aromatic heterocycles. The lowest BCUT2D eigenvalue weighted by Gasteiger charge is -2.23. The zero-order chi connectivity index (χ0) is 14.8. The van der Waals surface area contributed by atoms with Gasteiger partial charge < -0.3 is 4.90 Å². The van der Waals surface area contributed by atoms with E-state index in [0.717, 1.165) is 10.6 Å². The fourth-order valence-electron chi connectivity index (χ4n) is 1.35. The van der Waals surface area contributed by atoms with Crippen molar-refractivity contribution in [2.24, 2.45) is 0 Å². The van der Waals surface area contributed by atoms with Crippen LogP contribution in [0, 0.1) is 0 Å². The van der Waals surface area contributed by atoms with E-state index in [1.165, 1.54) is 23.1 Å². The molecule has 0 unspecified atom stereocenters. The van der Waals surface area contributed by atoms with Gasteiger partial charge in [0.15, 0.2) is 0 Å². The van der Waals surface area contributed by atoms with Crippen LogP contribution in [-0.4, -0.2) is 46.1 Å². The number of sulfonamides is 1. The maximum Gasteiger partial charge on any atom is 0.242 e. The van der Waals surface area contributed by atoms with Gasteiger partial charge in [0, 0.05) is 24.1 Å². The van der Waals surface area contributed by atoms with Crippen molar-refractivity contribution >= 4 is 44.8 Å². The molecule has 0 atom stereocenters. The summed E-state index contributed by atoms with van der Waals surface area (Å²) in [6.07, 6.45) is 1.02. The molecule has 0 fully saturated rings. The molecule has 1 amide bonds. The zero-order valence-electron chi connectivity index (χ0n) is 10.7. The molecule has 0 aliphatic rings. The first-order valence-corrected chi connectivity index (χ1v) is 7.85. The molecule has 0 saturated heterocycles. The first-order chi connectivity index (χ1) is 8.61. The Labute approximate surface area is 122 Å². The second-order valence-electron chi connectivity index (χ2n) is 4.19. The minimum absolute atomic E-state index is 0.259. The van der Waals surface area contributed by atoms with Gasteiger partial charge in [-0.2, -0.15) is 0 Å². The molecule has 0 N–H and O–H groups in total. The lowest BCUT2D eigenvalue weighted by molar-refractivity contribution is -0.127. The molecule has 0 bridgehead atoms. The summed E-state index contributed by atoms with van der Waals surface area (Å²) in [6, 6.07) is 4.37. The van der Waals surface area contributed by atoms with Crippen LogP contribution in [-0.2, 0) is 14.8 Å². The number of benzene rings is 1. The number of carbonyl (C=O) groups excluding carboxylic acids is 1. The summed E-state index contributed by atoms with van der Waals surface area (Å²) in [7, 11) is -0.513. The highest BCUT2D eigenvalue weighted by Gasteiger charge is 2.22. The SMILES string of the molecule is CN(C)C(=O)CN(c1cc(Cl)cc(Cl)c1)S(C)(=O)=O. The van der Waals surface area contributed by atoms with Crippen molar-refractivity contribution in [1.82, 2.24) is 4.90 Å². The van der Waals surface area contributed by atoms with Crippen molar-refractivity contribution < 1.29 is 13.2 Å². The molecular formula is C11H14Cl2N2O3S. The molecule has 0 heterocycles. The Morgan fingerprint density at radius 2 is 1.63 bits per heavy atom. The zero-order valence-corrected chi connectivity index (χ0v) is 13.1. The topological polar surface area (TPSA) is 57.7 Å². The number of rotatable bonds is 4. The van der Waals surface area contributed by atoms with Gasteiger partial charge in [0.05, 0.1) is 11.9 Å². The highest BCUT2D eigenvalue weighted by molar-refractivity contribution is 7.92. The normalized spacial score (nSPS) is 11.2. The quantitative estimate of drug-likeness (QED) is 0.849. The molecule has 0 spiro atoms. The minimum atomic E-state index is -3.61. The summed E-state index contributed by atoms with van der Waals surface area (Å²) in [5, 5.41) is 0.599. The monoisotopic (exact) mass is 324 g/mol. The average Bonchev–Trinajstić information content (AvgIpc) is 2.21. The van der Waals surface area contributed by atoms with Crippen LogP contribution in [0.2, 0.25) is 10.0 Å². The Balaban J connectivity index is 3.22. The van der Waals surface area contributed by atoms with E-state index in [9.17, 15) is 13.2 Å². The van der Waals surface area contributed by atoms with Crippen LogP contribution in [0.15, 0.2) is 18.2 Å². The highest BCUT2D eigenvalue weighted by atomic mass is 35.5. The summed E-state index contributed by atoms with van der Waals surface area (Å²) in [5.41, 5.74) is 0.259. The van der Waals surface area contributed by atoms with Crippen LogP contribution in [0.25, 0.3) is 0 Å². The lowest BCUT2D eigenvalue weighted by Crippen LogP contribution is -2.39. The molecule has 1 aromatic carbocycles. The smallest absolute Gasteiger partial charge is 0.242 e. The highest BCUT2D eigenvalue weighted by Crippen LogP contribution is 2.26. The van der Waals surface area contributed by atoms with Crippen LogP contribution in [0.5, 0.6) is 0 Å². The molecule has 19 heavy (non-hydrogen) atoms. The van der Waals surface area contributed by atoms with Crippen LogP contribution in [0.3, 0.4) is 0 Å². The van der Waals surface area contributed by atoms with E-state index in [-0.39, 0.29) is 18.1 Å². The third kappa shape index (κ3) is 4.56. The van der Waals surface area contributed by atoms with Crippen LogP contribution < -0.4 is 4.31 Å². The van der Waals surface area contributed by atoms with Gasteiger partial charge in [-0.3, -0.25) is 9.10 Å². The molecule has 1 aromatic rings. The fraction of sp³-hybridized carbons (Fsp3) is 0.364. The van der Waals surface area contributed by atoms with E-state index in [2.05, 4.69) is 0 Å². The summed E-state index contributed by atoms with van der Waals surface area (Å²) in [6.45, 7) is -0.303. The first kappa shape index (κ1) is 16.1. The number of hydrogen-bond donors (Lipinski definition) is 0. The summed E-state index contributed by atoms with van der Waals surface area (Å²) < 4.78 is 24.5. The van der Waals surface area contributed by atoms with Crippen molar-refractivity contribution in [2.45, 2.75) is 0 Å². The Hall–Kier alpha value is -0.980. The molecule has 1 rings (SSSR count). The number of halogens is 2. The summed E-state index contributed by atoms with van der Waals surface area (Å²) in [4.78, 5) is 13.0. The van der Waals surface area contributed by atoms with Crippen LogP contribution in [0.4, 0.5) is 5.69 Å². The van der Waals surface area contributed by atoms with Crippen LogP contribution >= 0.6 is 23.2 Å². The Bertz CT molecular complexity index is 567. The van der Waals surface area contributed by atoms with Crippen molar-refractivity contribution in [3.05, 3.63) is 28.2 Å². The molecule has 106 valence electrons. The number of carbonyl (C=O) groups is 1. The number of anilines is 1. The molecule has 8 heteroatoms. The second-order valence-corrected chi connectivity index (χ2v) is 6.97. The van der Waals surface area contributed by atoms with E-state index in [0.29, 0.717) is 10.0 Å². The molecule has 0 saturated carbocycles. The van der Waals surface area contributed by atoms with Crippen molar-refractivity contribution in [3.8, 4) is 0 Å². The van der Waals surface area contributed by atoms with Crippen LogP contribution in [0.1, 0.15) is 0 Å². The van der Waals surface area contributed by atoms with Gasteiger partial charge in [-0.05, 0) is 18.2 Å². The largest absolute Gasteiger partial charge is 0.347 e. The molecule has 0 aliphatic heterocycles. The maximum absolute atomic E-state index is 11.8. The summed E-state index contributed by atoms with van der Waals surface area (Å²) in [5.74, 6) is -0.346. The van der Waals surface area contributed by atoms with Gasteiger partial charge in [0.1, 0.15) is 6.54 Å². The average molecular weight is 325 g/mol. The standard InChI is InChI=1S/C11H14Cl2N2O3S/c1-14(2)11(16)7-15(19(3,17)18)10-5-8(12)4-9(13)6-10/h4-6H,7H2,1-3H3. The van der Waals surface area contributed by atoms with Gasteiger partial charge in [-0.15, -0.1) is 0 Å². The first-order valence-electron chi connectivity index (χ1n) is 5.25. The van der Waals surface area contributed by atoms with Crippen molar-refractivity contribution in [3.63, 3.8) is 0 Å². The fourth-order valence-corrected chi connectivity index (χ4v) is 2.70. The van der Waals surface area contributed by atoms with Gasteiger partial charge in [0.2, 0.25) is 15.9 Å². The third-order valence-corrected chi connectivity index (χ3v) is 3.89. The predicted octanol–water partition coefficient (Wildman–Crippen LogP) is 1.85. The maximum atomic E-state index is 11.8.